The zero-order valence-electron chi connectivity index (χ0n) is 20.3. The first kappa shape index (κ1) is 26.5. The van der Waals surface area contributed by atoms with Gasteiger partial charge in [0.2, 0.25) is 0 Å². The van der Waals surface area contributed by atoms with Gasteiger partial charge in [0.05, 0.1) is 12.6 Å². The highest BCUT2D eigenvalue weighted by Crippen LogP contribution is 2.37. The van der Waals surface area contributed by atoms with E-state index < -0.39 is 30.5 Å². The van der Waals surface area contributed by atoms with Gasteiger partial charge in [-0.25, -0.2) is 14.8 Å². The van der Waals surface area contributed by atoms with Gasteiger partial charge >= 0.3 is 18.4 Å². The molecular weight excluding hydrogens is 528 g/mol. The molecule has 8 nitrogen and oxygen atoms in total. The van der Waals surface area contributed by atoms with E-state index in [1.54, 1.807) is 47.9 Å². The number of carbonyl (C=O) groups excluding carboxylic acids is 1. The fourth-order valence-electron chi connectivity index (χ4n) is 4.33. The summed E-state index contributed by atoms with van der Waals surface area (Å²) in [7, 11) is 0. The van der Waals surface area contributed by atoms with Gasteiger partial charge in [0.25, 0.3) is 0 Å². The minimum atomic E-state index is -4.59. The molecule has 1 aromatic carbocycles. The maximum absolute atomic E-state index is 13.5. The number of rotatable bonds is 6. The summed E-state index contributed by atoms with van der Waals surface area (Å²) in [5.74, 6) is 0.433. The summed E-state index contributed by atoms with van der Waals surface area (Å²) in [5.41, 5.74) is 0.635. The number of nitrogens with one attached hydrogen (secondary N) is 3. The molecule has 1 saturated carbocycles. The average Bonchev–Trinajstić information content (AvgIpc) is 3.27. The molecule has 1 fully saturated rings. The van der Waals surface area contributed by atoms with E-state index in [1.807, 2.05) is 4.90 Å². The zero-order chi connectivity index (χ0) is 27.8. The van der Waals surface area contributed by atoms with Crippen LogP contribution in [0.2, 0.25) is 0 Å². The van der Waals surface area contributed by atoms with Crippen molar-refractivity contribution >= 4 is 28.9 Å². The molecule has 206 valence electrons. The second-order valence-corrected chi connectivity index (χ2v) is 9.31. The SMILES string of the molecule is O=C(NCC(F)(F)F)Nc1cccc(C2CN=C3C=C(c4ncc(C(F)(F)F)c(NC5CCC5)n4)C=CN32)c1. The van der Waals surface area contributed by atoms with Gasteiger partial charge in [-0.1, -0.05) is 12.1 Å². The Morgan fingerprint density at radius 1 is 1.13 bits per heavy atom. The molecule has 5 rings (SSSR count). The van der Waals surface area contributed by atoms with Crippen LogP contribution in [-0.4, -0.2) is 52.0 Å². The van der Waals surface area contributed by atoms with Gasteiger partial charge in [-0.3, -0.25) is 4.99 Å². The zero-order valence-corrected chi connectivity index (χ0v) is 20.3. The van der Waals surface area contributed by atoms with Crippen molar-refractivity contribution in [1.82, 2.24) is 20.2 Å². The van der Waals surface area contributed by atoms with Crippen molar-refractivity contribution in [2.45, 2.75) is 43.7 Å². The number of anilines is 2. The fraction of sp³-hybridized carbons (Fsp3) is 0.360. The standard InChI is InChI=1S/C25H23F6N7O/c26-24(27,28)13-34-23(39)36-17-6-1-3-14(9-17)19-12-32-20-10-15(7-8-38(19)20)21-33-11-18(25(29,30)31)22(37-21)35-16-4-2-5-16/h1,3,6-11,16,19H,2,4-5,12-13H2,(H,33,35,37)(H2,34,36,39). The Bertz CT molecular complexity index is 1350. The summed E-state index contributed by atoms with van der Waals surface area (Å²) in [5, 5.41) is 7.02. The van der Waals surface area contributed by atoms with E-state index in [1.165, 1.54) is 0 Å². The van der Waals surface area contributed by atoms with Crippen LogP contribution in [0.5, 0.6) is 0 Å². The predicted octanol–water partition coefficient (Wildman–Crippen LogP) is 5.51. The number of halogens is 6. The summed E-state index contributed by atoms with van der Waals surface area (Å²) in [6.45, 7) is -1.11. The van der Waals surface area contributed by atoms with Crippen LogP contribution in [0.4, 0.5) is 42.6 Å². The van der Waals surface area contributed by atoms with Crippen LogP contribution in [0.1, 0.15) is 42.3 Å². The van der Waals surface area contributed by atoms with Crippen molar-refractivity contribution in [2.24, 2.45) is 4.99 Å². The molecule has 3 heterocycles. The number of amides is 2. The summed E-state index contributed by atoms with van der Waals surface area (Å²) in [4.78, 5) is 26.3. The first-order valence-electron chi connectivity index (χ1n) is 12.1. The van der Waals surface area contributed by atoms with Gasteiger partial charge in [0, 0.05) is 29.7 Å². The lowest BCUT2D eigenvalue weighted by atomic mass is 9.93. The Balaban J connectivity index is 1.30. The number of urea groups is 1. The number of alkyl halides is 6. The highest BCUT2D eigenvalue weighted by atomic mass is 19.4. The van der Waals surface area contributed by atoms with Crippen molar-refractivity contribution in [3.8, 4) is 0 Å². The monoisotopic (exact) mass is 551 g/mol. The van der Waals surface area contributed by atoms with E-state index in [2.05, 4.69) is 25.6 Å². The summed E-state index contributed by atoms with van der Waals surface area (Å²) < 4.78 is 77.6. The number of hydrogen-bond acceptors (Lipinski definition) is 6. The number of nitrogens with zero attached hydrogens (tertiary/aromatic N) is 4. The minimum absolute atomic E-state index is 0.0545. The van der Waals surface area contributed by atoms with Gasteiger partial charge in [-0.2, -0.15) is 26.3 Å². The van der Waals surface area contributed by atoms with E-state index in [0.717, 1.165) is 31.0 Å². The number of aliphatic imine (C=N–C) groups is 1. The Kier molecular flexibility index (Phi) is 6.95. The van der Waals surface area contributed by atoms with Gasteiger partial charge in [0.1, 0.15) is 23.8 Å². The van der Waals surface area contributed by atoms with E-state index in [0.29, 0.717) is 23.6 Å². The molecular formula is C25H23F6N7O. The molecule has 1 atom stereocenters. The lowest BCUT2D eigenvalue weighted by molar-refractivity contribution is -0.137. The van der Waals surface area contributed by atoms with Crippen LogP contribution in [0.3, 0.4) is 0 Å². The van der Waals surface area contributed by atoms with Crippen molar-refractivity contribution in [2.75, 3.05) is 23.7 Å². The molecule has 0 spiro atoms. The first-order chi connectivity index (χ1) is 18.5. The van der Waals surface area contributed by atoms with E-state index in [-0.39, 0.29) is 23.7 Å². The van der Waals surface area contributed by atoms with Crippen LogP contribution < -0.4 is 16.0 Å². The van der Waals surface area contributed by atoms with Crippen molar-refractivity contribution in [3.63, 3.8) is 0 Å². The van der Waals surface area contributed by atoms with E-state index >= 15 is 0 Å². The Morgan fingerprint density at radius 2 is 1.92 bits per heavy atom. The third kappa shape index (κ3) is 6.15. The third-order valence-corrected chi connectivity index (χ3v) is 6.50. The van der Waals surface area contributed by atoms with E-state index in [9.17, 15) is 31.1 Å². The number of carbonyl (C=O) groups is 1. The predicted molar refractivity (Wildman–Crippen MR) is 132 cm³/mol. The van der Waals surface area contributed by atoms with Crippen LogP contribution in [0.15, 0.2) is 53.8 Å². The molecule has 0 bridgehead atoms. The van der Waals surface area contributed by atoms with Gasteiger partial charge < -0.3 is 20.9 Å². The molecule has 0 radical (unpaired) electrons. The maximum atomic E-state index is 13.5. The number of amidine groups is 1. The minimum Gasteiger partial charge on any atom is -0.367 e. The van der Waals surface area contributed by atoms with Crippen LogP contribution in [0.25, 0.3) is 5.57 Å². The smallest absolute Gasteiger partial charge is 0.367 e. The largest absolute Gasteiger partial charge is 0.421 e. The maximum Gasteiger partial charge on any atom is 0.421 e. The molecule has 3 N–H and O–H groups in total. The quantitative estimate of drug-likeness (QED) is 0.412. The molecule has 1 aliphatic carbocycles. The lowest BCUT2D eigenvalue weighted by Gasteiger charge is -2.28. The normalized spacial score (nSPS) is 19.1. The first-order valence-corrected chi connectivity index (χ1v) is 12.1. The van der Waals surface area contributed by atoms with Crippen LogP contribution in [-0.2, 0) is 6.18 Å². The Hall–Kier alpha value is -4.10. The van der Waals surface area contributed by atoms with Gasteiger partial charge in [-0.15, -0.1) is 0 Å². The van der Waals surface area contributed by atoms with Gasteiger partial charge in [0.15, 0.2) is 5.82 Å². The molecule has 2 aliphatic heterocycles. The topological polar surface area (TPSA) is 94.5 Å². The van der Waals surface area contributed by atoms with Crippen molar-refractivity contribution in [3.05, 3.63) is 65.8 Å². The fourth-order valence-corrected chi connectivity index (χ4v) is 4.33. The number of fused-ring (bicyclic) bond motifs is 1. The van der Waals surface area contributed by atoms with E-state index in [4.69, 9.17) is 0 Å². The Morgan fingerprint density at radius 3 is 2.62 bits per heavy atom. The highest BCUT2D eigenvalue weighted by molar-refractivity contribution is 6.04. The van der Waals surface area contributed by atoms with Gasteiger partial charge in [-0.05, 0) is 49.1 Å². The van der Waals surface area contributed by atoms with Crippen molar-refractivity contribution < 1.29 is 31.1 Å². The summed E-state index contributed by atoms with van der Waals surface area (Å²) in [6.07, 6.45) is -0.737. The van der Waals surface area contributed by atoms with Crippen LogP contribution >= 0.6 is 0 Å². The van der Waals surface area contributed by atoms with Crippen molar-refractivity contribution in [1.29, 1.82) is 0 Å². The number of aromatic nitrogens is 2. The molecule has 39 heavy (non-hydrogen) atoms. The number of allylic oxidation sites excluding steroid dienone is 2. The molecule has 0 saturated heterocycles. The number of benzene rings is 1. The molecule has 1 unspecified atom stereocenters. The van der Waals surface area contributed by atoms with Crippen LogP contribution in [0, 0.1) is 0 Å². The Labute approximate surface area is 218 Å². The summed E-state index contributed by atoms with van der Waals surface area (Å²) in [6, 6.07) is 5.34. The molecule has 1 aromatic heterocycles. The second-order valence-electron chi connectivity index (χ2n) is 9.31. The third-order valence-electron chi connectivity index (χ3n) is 6.50. The number of hydrogen-bond donors (Lipinski definition) is 3. The summed E-state index contributed by atoms with van der Waals surface area (Å²) >= 11 is 0. The lowest BCUT2D eigenvalue weighted by Crippen LogP contribution is -2.36. The average molecular weight is 551 g/mol. The molecule has 2 aromatic rings. The second kappa shape index (κ2) is 10.2. The molecule has 2 amide bonds. The highest BCUT2D eigenvalue weighted by Gasteiger charge is 2.37. The molecule has 14 heteroatoms. The molecule has 3 aliphatic rings.